The maximum atomic E-state index is 12.5. The molecule has 4 rings (SSSR count). The first-order chi connectivity index (χ1) is 14.3. The van der Waals surface area contributed by atoms with Gasteiger partial charge in [-0.1, -0.05) is 45.4 Å². The van der Waals surface area contributed by atoms with Gasteiger partial charge in [-0.15, -0.1) is 10.2 Å². The van der Waals surface area contributed by atoms with E-state index in [1.807, 2.05) is 56.7 Å². The van der Waals surface area contributed by atoms with Crippen LogP contribution in [-0.2, 0) is 11.8 Å². The van der Waals surface area contributed by atoms with E-state index >= 15 is 0 Å². The van der Waals surface area contributed by atoms with Crippen LogP contribution in [0.25, 0.3) is 22.6 Å². The smallest absolute Gasteiger partial charge is 0.234 e. The van der Waals surface area contributed by atoms with Gasteiger partial charge in [0, 0.05) is 22.6 Å². The van der Waals surface area contributed by atoms with Gasteiger partial charge in [0.25, 0.3) is 0 Å². The number of anilines is 1. The van der Waals surface area contributed by atoms with Crippen molar-refractivity contribution in [3.63, 3.8) is 0 Å². The van der Waals surface area contributed by atoms with Crippen LogP contribution in [0.2, 0.25) is 0 Å². The zero-order chi connectivity index (χ0) is 21.4. The van der Waals surface area contributed by atoms with Crippen LogP contribution in [0, 0.1) is 20.8 Å². The molecule has 0 unspecified atom stereocenters. The Bertz CT molecular complexity index is 1240. The maximum Gasteiger partial charge on any atom is 0.234 e. The average molecular weight is 485 g/mol. The molecule has 2 aromatic carbocycles. The molecule has 1 amide bonds. The van der Waals surface area contributed by atoms with Crippen molar-refractivity contribution >= 4 is 50.3 Å². The molecule has 1 N–H and O–H groups in total. The van der Waals surface area contributed by atoms with Crippen molar-refractivity contribution in [2.24, 2.45) is 7.05 Å². The van der Waals surface area contributed by atoms with Gasteiger partial charge in [0.1, 0.15) is 5.58 Å². The Morgan fingerprint density at radius 3 is 2.60 bits per heavy atom. The van der Waals surface area contributed by atoms with Crippen molar-refractivity contribution in [1.82, 2.24) is 14.8 Å². The van der Waals surface area contributed by atoms with Gasteiger partial charge in [-0.3, -0.25) is 4.79 Å². The predicted molar refractivity (Wildman–Crippen MR) is 124 cm³/mol. The van der Waals surface area contributed by atoms with Crippen molar-refractivity contribution in [3.05, 3.63) is 57.6 Å². The van der Waals surface area contributed by atoms with Crippen LogP contribution in [0.1, 0.15) is 16.7 Å². The van der Waals surface area contributed by atoms with Gasteiger partial charge in [-0.2, -0.15) is 0 Å². The Labute approximate surface area is 187 Å². The summed E-state index contributed by atoms with van der Waals surface area (Å²) in [4.78, 5) is 12.5. The van der Waals surface area contributed by atoms with E-state index in [2.05, 4.69) is 43.6 Å². The molecule has 2 heterocycles. The van der Waals surface area contributed by atoms with E-state index in [0.717, 1.165) is 32.3 Å². The summed E-state index contributed by atoms with van der Waals surface area (Å²) in [6.45, 7) is 6.06. The minimum absolute atomic E-state index is 0.0757. The van der Waals surface area contributed by atoms with Gasteiger partial charge >= 0.3 is 0 Å². The molecule has 0 radical (unpaired) electrons. The summed E-state index contributed by atoms with van der Waals surface area (Å²) in [7, 11) is 1.87. The highest BCUT2D eigenvalue weighted by Gasteiger charge is 2.17. The summed E-state index contributed by atoms with van der Waals surface area (Å²) >= 11 is 4.81. The van der Waals surface area contributed by atoms with Crippen molar-refractivity contribution in [3.8, 4) is 11.6 Å². The number of nitrogens with one attached hydrogen (secondary N) is 1. The minimum atomic E-state index is -0.0757. The fourth-order valence-electron chi connectivity index (χ4n) is 3.46. The van der Waals surface area contributed by atoms with Crippen molar-refractivity contribution in [1.29, 1.82) is 0 Å². The molecule has 154 valence electrons. The molecule has 0 fully saturated rings. The monoisotopic (exact) mass is 484 g/mol. The summed E-state index contributed by atoms with van der Waals surface area (Å²) in [5, 5.41) is 13.1. The predicted octanol–water partition coefficient (Wildman–Crippen LogP) is 5.65. The number of nitrogens with zero attached hydrogens (tertiary/aromatic N) is 3. The zero-order valence-corrected chi connectivity index (χ0v) is 19.5. The van der Waals surface area contributed by atoms with Crippen LogP contribution in [0.15, 0.2) is 50.4 Å². The van der Waals surface area contributed by atoms with Gasteiger partial charge in [0.2, 0.25) is 5.91 Å². The lowest BCUT2D eigenvalue weighted by Crippen LogP contribution is -2.16. The fourth-order valence-corrected chi connectivity index (χ4v) is 4.55. The molecule has 0 aliphatic rings. The van der Waals surface area contributed by atoms with Crippen LogP contribution in [0.5, 0.6) is 0 Å². The Morgan fingerprint density at radius 1 is 1.13 bits per heavy atom. The van der Waals surface area contributed by atoms with Gasteiger partial charge < -0.3 is 14.3 Å². The van der Waals surface area contributed by atoms with Gasteiger partial charge in [-0.25, -0.2) is 0 Å². The minimum Gasteiger partial charge on any atom is -0.453 e. The van der Waals surface area contributed by atoms with E-state index in [-0.39, 0.29) is 11.7 Å². The number of carbonyl (C=O) groups is 1. The molecular formula is C22H21BrN4O2S. The quantitative estimate of drug-likeness (QED) is 0.370. The molecule has 8 heteroatoms. The van der Waals surface area contributed by atoms with E-state index in [9.17, 15) is 4.79 Å². The van der Waals surface area contributed by atoms with E-state index in [4.69, 9.17) is 4.42 Å². The second kappa shape index (κ2) is 8.28. The lowest BCUT2D eigenvalue weighted by molar-refractivity contribution is -0.113. The first-order valence-corrected chi connectivity index (χ1v) is 11.2. The number of hydrogen-bond acceptors (Lipinski definition) is 5. The van der Waals surface area contributed by atoms with E-state index in [1.54, 1.807) is 0 Å². The molecule has 30 heavy (non-hydrogen) atoms. The summed E-state index contributed by atoms with van der Waals surface area (Å²) in [5.74, 6) is 1.43. The third-order valence-corrected chi connectivity index (χ3v) is 6.32. The number of aromatic nitrogens is 3. The second-order valence-corrected chi connectivity index (χ2v) is 9.13. The molecule has 0 saturated carbocycles. The van der Waals surface area contributed by atoms with E-state index in [1.165, 1.54) is 17.3 Å². The maximum absolute atomic E-state index is 12.5. The molecule has 0 saturated heterocycles. The number of aryl methyl sites for hydroxylation is 3. The highest BCUT2D eigenvalue weighted by atomic mass is 79.9. The Hall–Kier alpha value is -2.58. The van der Waals surface area contributed by atoms with Crippen molar-refractivity contribution in [2.45, 2.75) is 25.9 Å². The van der Waals surface area contributed by atoms with Gasteiger partial charge in [0.15, 0.2) is 16.7 Å². The van der Waals surface area contributed by atoms with Crippen LogP contribution in [-0.4, -0.2) is 26.4 Å². The molecule has 4 aromatic rings. The number of carbonyl (C=O) groups excluding carboxylic acids is 1. The molecule has 6 nitrogen and oxygen atoms in total. The second-order valence-electron chi connectivity index (χ2n) is 7.27. The first kappa shape index (κ1) is 20.7. The lowest BCUT2D eigenvalue weighted by Gasteiger charge is -2.12. The Kier molecular flexibility index (Phi) is 5.71. The van der Waals surface area contributed by atoms with Crippen molar-refractivity contribution < 1.29 is 9.21 Å². The van der Waals surface area contributed by atoms with Crippen molar-refractivity contribution in [2.75, 3.05) is 11.1 Å². The number of benzene rings is 2. The fraction of sp³-hybridized carbons (Fsp3) is 0.227. The van der Waals surface area contributed by atoms with E-state index in [0.29, 0.717) is 16.7 Å². The topological polar surface area (TPSA) is 73.0 Å². The van der Waals surface area contributed by atoms with Crippen LogP contribution >= 0.6 is 27.7 Å². The van der Waals surface area contributed by atoms with Crippen LogP contribution < -0.4 is 5.32 Å². The lowest BCUT2D eigenvalue weighted by atomic mass is 10.1. The molecule has 0 atom stereocenters. The molecule has 0 bridgehead atoms. The number of thioether (sulfide) groups is 1. The third-order valence-electron chi connectivity index (χ3n) is 4.81. The molecular weight excluding hydrogens is 464 g/mol. The molecule has 0 spiro atoms. The SMILES string of the molecule is Cc1cc(C)c(NC(=O)CSc2nnc(-c3cc4cc(Br)ccc4o3)n2C)c(C)c1. The largest absolute Gasteiger partial charge is 0.453 e. The van der Waals surface area contributed by atoms with Crippen LogP contribution in [0.3, 0.4) is 0 Å². The summed E-state index contributed by atoms with van der Waals surface area (Å²) in [6, 6.07) is 11.9. The number of rotatable bonds is 5. The van der Waals surface area contributed by atoms with E-state index < -0.39 is 0 Å². The number of furan rings is 1. The number of fused-ring (bicyclic) bond motifs is 1. The molecule has 2 aromatic heterocycles. The number of hydrogen-bond donors (Lipinski definition) is 1. The van der Waals surface area contributed by atoms with Gasteiger partial charge in [0.05, 0.1) is 5.75 Å². The Balaban J connectivity index is 1.47. The first-order valence-electron chi connectivity index (χ1n) is 9.41. The summed E-state index contributed by atoms with van der Waals surface area (Å²) < 4.78 is 8.74. The number of halogens is 1. The molecule has 0 aliphatic carbocycles. The highest BCUT2D eigenvalue weighted by molar-refractivity contribution is 9.10. The van der Waals surface area contributed by atoms with Gasteiger partial charge in [-0.05, 0) is 56.2 Å². The highest BCUT2D eigenvalue weighted by Crippen LogP contribution is 2.30. The number of amides is 1. The zero-order valence-electron chi connectivity index (χ0n) is 17.1. The molecule has 0 aliphatic heterocycles. The standard InChI is InChI=1S/C22H21BrN4O2S/c1-12-7-13(2)20(14(3)8-12)24-19(28)11-30-22-26-25-21(27(22)4)18-10-15-9-16(23)5-6-17(15)29-18/h5-10H,11H2,1-4H3,(H,24,28). The Morgan fingerprint density at radius 2 is 1.87 bits per heavy atom. The normalized spacial score (nSPS) is 11.2. The summed E-state index contributed by atoms with van der Waals surface area (Å²) in [6.07, 6.45) is 0. The third kappa shape index (κ3) is 4.15. The average Bonchev–Trinajstić information content (AvgIpc) is 3.25. The summed E-state index contributed by atoms with van der Waals surface area (Å²) in [5.41, 5.74) is 4.96. The van der Waals surface area contributed by atoms with Crippen LogP contribution in [0.4, 0.5) is 5.69 Å².